The minimum Gasteiger partial charge on any atom is -0.294 e. The van der Waals surface area contributed by atoms with E-state index >= 15 is 0 Å². The molecule has 1 aromatic heterocycles. The average Bonchev–Trinajstić information content (AvgIpc) is 2.30. The number of H-pyrrole nitrogens is 1. The Morgan fingerprint density at radius 1 is 1.50 bits per heavy atom. The fraction of sp³-hybridized carbons (Fsp3) is 0.556. The lowest BCUT2D eigenvalue weighted by Gasteiger charge is -2.17. The van der Waals surface area contributed by atoms with E-state index in [2.05, 4.69) is 10.2 Å². The number of hydrogen-bond acceptors (Lipinski definition) is 2. The first-order valence-corrected chi connectivity index (χ1v) is 3.97. The normalized spacial score (nSPS) is 11.7. The fourth-order valence-electron chi connectivity index (χ4n) is 1.12. The van der Waals surface area contributed by atoms with Crippen molar-refractivity contribution in [3.8, 4) is 0 Å². The van der Waals surface area contributed by atoms with Crippen LogP contribution in [0.15, 0.2) is 6.20 Å². The first kappa shape index (κ1) is 8.97. The molecule has 3 nitrogen and oxygen atoms in total. The predicted molar refractivity (Wildman–Crippen MR) is 47.3 cm³/mol. The highest BCUT2D eigenvalue weighted by molar-refractivity contribution is 5.95. The minimum atomic E-state index is -0.0441. The maximum absolute atomic E-state index is 11.1. The second-order valence-corrected chi connectivity index (χ2v) is 3.96. The van der Waals surface area contributed by atoms with E-state index in [0.29, 0.717) is 5.56 Å². The van der Waals surface area contributed by atoms with Crippen molar-refractivity contribution in [3.63, 3.8) is 0 Å². The number of aromatic amines is 1. The third-order valence-corrected chi connectivity index (χ3v) is 1.77. The largest absolute Gasteiger partial charge is 0.294 e. The first-order chi connectivity index (χ1) is 5.43. The molecular weight excluding hydrogens is 152 g/mol. The summed E-state index contributed by atoms with van der Waals surface area (Å²) in [7, 11) is 0. The number of rotatable bonds is 1. The highest BCUT2D eigenvalue weighted by Crippen LogP contribution is 2.23. The fourth-order valence-corrected chi connectivity index (χ4v) is 1.12. The second-order valence-electron chi connectivity index (χ2n) is 3.96. The predicted octanol–water partition coefficient (Wildman–Crippen LogP) is 1.91. The second kappa shape index (κ2) is 2.73. The zero-order valence-corrected chi connectivity index (χ0v) is 7.93. The molecule has 0 aromatic carbocycles. The van der Waals surface area contributed by atoms with E-state index < -0.39 is 0 Å². The molecule has 1 heterocycles. The van der Waals surface area contributed by atoms with Crippen LogP contribution in [0.3, 0.4) is 0 Å². The van der Waals surface area contributed by atoms with Crippen LogP contribution in [0, 0.1) is 0 Å². The maximum atomic E-state index is 11.1. The van der Waals surface area contributed by atoms with Crippen molar-refractivity contribution < 1.29 is 4.79 Å². The summed E-state index contributed by atoms with van der Waals surface area (Å²) in [5.41, 5.74) is 1.56. The van der Waals surface area contributed by atoms with Gasteiger partial charge in [-0.2, -0.15) is 5.10 Å². The highest BCUT2D eigenvalue weighted by Gasteiger charge is 2.21. The summed E-state index contributed by atoms with van der Waals surface area (Å²) in [6, 6.07) is 0. The Labute approximate surface area is 72.2 Å². The molecule has 66 valence electrons. The van der Waals surface area contributed by atoms with Crippen molar-refractivity contribution in [2.24, 2.45) is 0 Å². The lowest BCUT2D eigenvalue weighted by atomic mass is 9.89. The number of nitrogens with one attached hydrogen (secondary N) is 1. The molecule has 3 heteroatoms. The zero-order valence-electron chi connectivity index (χ0n) is 7.93. The van der Waals surface area contributed by atoms with Gasteiger partial charge in [0.05, 0.1) is 17.5 Å². The van der Waals surface area contributed by atoms with Gasteiger partial charge in [-0.05, 0) is 6.92 Å². The summed E-state index contributed by atoms with van der Waals surface area (Å²) in [5.74, 6) is 0.0636. The van der Waals surface area contributed by atoms with Gasteiger partial charge in [-0.15, -0.1) is 0 Å². The number of aromatic nitrogens is 2. The van der Waals surface area contributed by atoms with Crippen LogP contribution < -0.4 is 0 Å². The lowest BCUT2D eigenvalue weighted by Crippen LogP contribution is -2.15. The van der Waals surface area contributed by atoms with E-state index in [0.717, 1.165) is 5.69 Å². The van der Waals surface area contributed by atoms with Gasteiger partial charge in [0, 0.05) is 5.41 Å². The van der Waals surface area contributed by atoms with E-state index in [-0.39, 0.29) is 11.2 Å². The summed E-state index contributed by atoms with van der Waals surface area (Å²) in [5, 5.41) is 6.72. The molecule has 1 aromatic rings. The molecule has 0 saturated heterocycles. The molecule has 0 radical (unpaired) electrons. The van der Waals surface area contributed by atoms with Crippen LogP contribution in [0.4, 0.5) is 0 Å². The quantitative estimate of drug-likeness (QED) is 0.648. The van der Waals surface area contributed by atoms with Crippen LogP contribution in [-0.2, 0) is 5.41 Å². The van der Waals surface area contributed by atoms with Gasteiger partial charge in [0.1, 0.15) is 0 Å². The molecular formula is C9H14N2O. The van der Waals surface area contributed by atoms with Gasteiger partial charge in [-0.1, -0.05) is 20.8 Å². The summed E-state index contributed by atoms with van der Waals surface area (Å²) in [4.78, 5) is 11.1. The Bertz CT molecular complexity index is 294. The number of ketones is 1. The van der Waals surface area contributed by atoms with Crippen LogP contribution in [0.2, 0.25) is 0 Å². The van der Waals surface area contributed by atoms with Crippen molar-refractivity contribution in [2.45, 2.75) is 33.1 Å². The standard InChI is InChI=1S/C9H14N2O/c1-6(12)7-5-10-11-8(7)9(2,3)4/h5H,1-4H3,(H,10,11). The van der Waals surface area contributed by atoms with Crippen LogP contribution >= 0.6 is 0 Å². The molecule has 0 fully saturated rings. The Kier molecular flexibility index (Phi) is 2.04. The zero-order chi connectivity index (χ0) is 9.35. The molecule has 0 aliphatic carbocycles. The SMILES string of the molecule is CC(=O)c1cn[nH]c1C(C)(C)C. The third kappa shape index (κ3) is 1.55. The van der Waals surface area contributed by atoms with E-state index in [4.69, 9.17) is 0 Å². The average molecular weight is 166 g/mol. The van der Waals surface area contributed by atoms with E-state index in [1.807, 2.05) is 20.8 Å². The summed E-state index contributed by atoms with van der Waals surface area (Å²) in [6.45, 7) is 7.70. The summed E-state index contributed by atoms with van der Waals surface area (Å²) < 4.78 is 0. The molecule has 0 atom stereocenters. The minimum absolute atomic E-state index is 0.0441. The topological polar surface area (TPSA) is 45.8 Å². The number of carbonyl (C=O) groups excluding carboxylic acids is 1. The monoisotopic (exact) mass is 166 g/mol. The lowest BCUT2D eigenvalue weighted by molar-refractivity contribution is 0.101. The van der Waals surface area contributed by atoms with Crippen LogP contribution in [0.25, 0.3) is 0 Å². The molecule has 0 amide bonds. The van der Waals surface area contributed by atoms with E-state index in [9.17, 15) is 4.79 Å². The summed E-state index contributed by atoms with van der Waals surface area (Å²) in [6.07, 6.45) is 1.59. The number of nitrogens with zero attached hydrogens (tertiary/aromatic N) is 1. The van der Waals surface area contributed by atoms with Crippen molar-refractivity contribution in [1.29, 1.82) is 0 Å². The molecule has 0 unspecified atom stereocenters. The number of carbonyl (C=O) groups is 1. The van der Waals surface area contributed by atoms with Gasteiger partial charge in [0.2, 0.25) is 0 Å². The summed E-state index contributed by atoms with van der Waals surface area (Å²) >= 11 is 0. The molecule has 1 rings (SSSR count). The number of Topliss-reactive ketones (excluding diaryl/α,β-unsaturated/α-hetero) is 1. The van der Waals surface area contributed by atoms with Crippen LogP contribution in [0.5, 0.6) is 0 Å². The molecule has 0 spiro atoms. The van der Waals surface area contributed by atoms with Crippen LogP contribution in [-0.4, -0.2) is 16.0 Å². The van der Waals surface area contributed by atoms with Gasteiger partial charge < -0.3 is 0 Å². The van der Waals surface area contributed by atoms with Gasteiger partial charge in [0.15, 0.2) is 5.78 Å². The maximum Gasteiger partial charge on any atom is 0.163 e. The van der Waals surface area contributed by atoms with Crippen LogP contribution in [0.1, 0.15) is 43.7 Å². The Morgan fingerprint density at radius 2 is 2.08 bits per heavy atom. The molecule has 0 aliphatic heterocycles. The van der Waals surface area contributed by atoms with Crippen molar-refractivity contribution >= 4 is 5.78 Å². The van der Waals surface area contributed by atoms with E-state index in [1.54, 1.807) is 13.1 Å². The smallest absolute Gasteiger partial charge is 0.163 e. The Hall–Kier alpha value is -1.12. The highest BCUT2D eigenvalue weighted by atomic mass is 16.1. The Balaban J connectivity index is 3.17. The third-order valence-electron chi connectivity index (χ3n) is 1.77. The van der Waals surface area contributed by atoms with Crippen molar-refractivity contribution in [3.05, 3.63) is 17.5 Å². The van der Waals surface area contributed by atoms with Gasteiger partial charge in [0.25, 0.3) is 0 Å². The van der Waals surface area contributed by atoms with Gasteiger partial charge in [-0.3, -0.25) is 9.89 Å². The Morgan fingerprint density at radius 3 is 2.42 bits per heavy atom. The molecule has 0 saturated carbocycles. The molecule has 1 N–H and O–H groups in total. The molecule has 12 heavy (non-hydrogen) atoms. The molecule has 0 aliphatic rings. The van der Waals surface area contributed by atoms with Crippen molar-refractivity contribution in [2.75, 3.05) is 0 Å². The van der Waals surface area contributed by atoms with Gasteiger partial charge in [-0.25, -0.2) is 0 Å². The van der Waals surface area contributed by atoms with E-state index in [1.165, 1.54) is 0 Å². The van der Waals surface area contributed by atoms with Gasteiger partial charge >= 0.3 is 0 Å². The van der Waals surface area contributed by atoms with Crippen molar-refractivity contribution in [1.82, 2.24) is 10.2 Å². The first-order valence-electron chi connectivity index (χ1n) is 3.97. The number of hydrogen-bond donors (Lipinski definition) is 1. The molecule has 0 bridgehead atoms.